The molecule has 0 fully saturated rings. The quantitative estimate of drug-likeness (QED) is 0.607. The number of hydrogen-bond donors (Lipinski definition) is 2. The molecule has 3 rings (SSSR count). The van der Waals surface area contributed by atoms with E-state index in [-0.39, 0.29) is 11.3 Å². The number of carbonyl (C=O) groups excluding carboxylic acids is 1. The standard InChI is InChI=1S/C22H24FN3OS/c1-22(2,3)21-25-14-19(28-21)13-24-12-15-6-4-9-18(10-15)26-20(27)16-7-5-8-17(23)11-16/h4-11,14,24H,12-13H2,1-3H3,(H,26,27). The van der Waals surface area contributed by atoms with E-state index >= 15 is 0 Å². The summed E-state index contributed by atoms with van der Waals surface area (Å²) in [6.07, 6.45) is 1.92. The van der Waals surface area contributed by atoms with Gasteiger partial charge in [0, 0.05) is 40.8 Å². The third kappa shape index (κ3) is 5.47. The lowest BCUT2D eigenvalue weighted by molar-refractivity contribution is 0.102. The largest absolute Gasteiger partial charge is 0.322 e. The molecule has 146 valence electrons. The summed E-state index contributed by atoms with van der Waals surface area (Å²) in [6, 6.07) is 13.3. The molecule has 4 nitrogen and oxygen atoms in total. The predicted octanol–water partition coefficient (Wildman–Crippen LogP) is 5.12. The SMILES string of the molecule is CC(C)(C)c1ncc(CNCc2cccc(NC(=O)c3cccc(F)c3)c2)s1. The van der Waals surface area contributed by atoms with E-state index in [4.69, 9.17) is 0 Å². The second-order valence-electron chi connectivity index (χ2n) is 7.65. The highest BCUT2D eigenvalue weighted by Crippen LogP contribution is 2.26. The van der Waals surface area contributed by atoms with Gasteiger partial charge in [-0.25, -0.2) is 9.37 Å². The lowest BCUT2D eigenvalue weighted by atomic mass is 9.98. The predicted molar refractivity (Wildman–Crippen MR) is 112 cm³/mol. The van der Waals surface area contributed by atoms with Crippen LogP contribution in [0.2, 0.25) is 0 Å². The van der Waals surface area contributed by atoms with Crippen LogP contribution in [-0.2, 0) is 18.5 Å². The third-order valence-electron chi connectivity index (χ3n) is 4.10. The Hall–Kier alpha value is -2.57. The molecule has 0 saturated heterocycles. The number of nitrogens with one attached hydrogen (secondary N) is 2. The Balaban J connectivity index is 1.56. The Morgan fingerprint density at radius 2 is 1.89 bits per heavy atom. The summed E-state index contributed by atoms with van der Waals surface area (Å²) in [5.74, 6) is -0.757. The molecule has 2 aromatic carbocycles. The second kappa shape index (κ2) is 8.63. The Morgan fingerprint density at radius 3 is 2.61 bits per heavy atom. The molecule has 2 N–H and O–H groups in total. The smallest absolute Gasteiger partial charge is 0.255 e. The molecule has 28 heavy (non-hydrogen) atoms. The third-order valence-corrected chi connectivity index (χ3v) is 5.52. The first kappa shape index (κ1) is 20.2. The molecular formula is C22H24FN3OS. The maximum Gasteiger partial charge on any atom is 0.255 e. The number of amides is 1. The van der Waals surface area contributed by atoms with Crippen molar-refractivity contribution in [3.05, 3.63) is 81.6 Å². The molecule has 0 spiro atoms. The molecule has 0 radical (unpaired) electrons. The molecular weight excluding hydrogens is 373 g/mol. The molecule has 0 aliphatic heterocycles. The van der Waals surface area contributed by atoms with Crippen LogP contribution in [-0.4, -0.2) is 10.9 Å². The zero-order valence-electron chi connectivity index (χ0n) is 16.3. The summed E-state index contributed by atoms with van der Waals surface area (Å²) >= 11 is 1.72. The number of hydrogen-bond acceptors (Lipinski definition) is 4. The molecule has 0 atom stereocenters. The van der Waals surface area contributed by atoms with Gasteiger partial charge in [0.05, 0.1) is 5.01 Å². The highest BCUT2D eigenvalue weighted by atomic mass is 32.1. The van der Waals surface area contributed by atoms with Crippen molar-refractivity contribution in [2.24, 2.45) is 0 Å². The van der Waals surface area contributed by atoms with Gasteiger partial charge in [-0.05, 0) is 35.9 Å². The summed E-state index contributed by atoms with van der Waals surface area (Å²) in [5.41, 5.74) is 2.10. The number of thiazole rings is 1. The first-order chi connectivity index (χ1) is 13.3. The van der Waals surface area contributed by atoms with Crippen molar-refractivity contribution in [2.75, 3.05) is 5.32 Å². The lowest BCUT2D eigenvalue weighted by Crippen LogP contribution is -2.14. The van der Waals surface area contributed by atoms with Crippen molar-refractivity contribution in [1.29, 1.82) is 0 Å². The summed E-state index contributed by atoms with van der Waals surface area (Å²) in [6.45, 7) is 7.89. The van der Waals surface area contributed by atoms with Gasteiger partial charge >= 0.3 is 0 Å². The number of halogens is 1. The Bertz CT molecular complexity index is 962. The number of rotatable bonds is 6. The molecule has 1 amide bonds. The summed E-state index contributed by atoms with van der Waals surface area (Å²) in [7, 11) is 0. The van der Waals surface area contributed by atoms with E-state index in [9.17, 15) is 9.18 Å². The molecule has 6 heteroatoms. The van der Waals surface area contributed by atoms with Crippen molar-refractivity contribution < 1.29 is 9.18 Å². The molecule has 0 saturated carbocycles. The fraction of sp³-hybridized carbons (Fsp3) is 0.273. The minimum absolute atomic E-state index is 0.0666. The minimum atomic E-state index is -0.428. The maximum atomic E-state index is 13.3. The lowest BCUT2D eigenvalue weighted by Gasteiger charge is -2.13. The normalized spacial score (nSPS) is 11.4. The molecule has 0 aliphatic carbocycles. The van der Waals surface area contributed by atoms with Crippen LogP contribution in [0, 0.1) is 5.82 Å². The molecule has 0 bridgehead atoms. The Kier molecular flexibility index (Phi) is 6.21. The van der Waals surface area contributed by atoms with Crippen LogP contribution in [0.3, 0.4) is 0 Å². The minimum Gasteiger partial charge on any atom is -0.322 e. The van der Waals surface area contributed by atoms with E-state index in [2.05, 4.69) is 36.4 Å². The Labute approximate surface area is 168 Å². The number of aromatic nitrogens is 1. The van der Waals surface area contributed by atoms with Crippen LogP contribution in [0.1, 0.15) is 46.6 Å². The average molecular weight is 398 g/mol. The summed E-state index contributed by atoms with van der Waals surface area (Å²) < 4.78 is 13.3. The van der Waals surface area contributed by atoms with Gasteiger partial charge in [-0.1, -0.05) is 39.0 Å². The van der Waals surface area contributed by atoms with E-state index in [0.717, 1.165) is 17.1 Å². The number of nitrogens with zero attached hydrogens (tertiary/aromatic N) is 1. The van der Waals surface area contributed by atoms with Crippen molar-refractivity contribution in [1.82, 2.24) is 10.3 Å². The van der Waals surface area contributed by atoms with Crippen LogP contribution in [0.5, 0.6) is 0 Å². The van der Waals surface area contributed by atoms with Crippen LogP contribution < -0.4 is 10.6 Å². The summed E-state index contributed by atoms with van der Waals surface area (Å²) in [5, 5.41) is 7.35. The van der Waals surface area contributed by atoms with E-state index in [0.29, 0.717) is 17.8 Å². The zero-order chi connectivity index (χ0) is 20.1. The van der Waals surface area contributed by atoms with Crippen molar-refractivity contribution in [3.8, 4) is 0 Å². The number of benzene rings is 2. The van der Waals surface area contributed by atoms with Gasteiger partial charge in [0.1, 0.15) is 5.82 Å². The monoisotopic (exact) mass is 397 g/mol. The highest BCUT2D eigenvalue weighted by Gasteiger charge is 2.17. The van der Waals surface area contributed by atoms with Gasteiger partial charge in [0.25, 0.3) is 5.91 Å². The van der Waals surface area contributed by atoms with Gasteiger partial charge in [0.15, 0.2) is 0 Å². The van der Waals surface area contributed by atoms with Crippen molar-refractivity contribution in [3.63, 3.8) is 0 Å². The van der Waals surface area contributed by atoms with Gasteiger partial charge in [0.2, 0.25) is 0 Å². The van der Waals surface area contributed by atoms with Crippen molar-refractivity contribution >= 4 is 22.9 Å². The van der Waals surface area contributed by atoms with Crippen LogP contribution in [0.25, 0.3) is 0 Å². The summed E-state index contributed by atoms with van der Waals surface area (Å²) in [4.78, 5) is 18.0. The fourth-order valence-electron chi connectivity index (χ4n) is 2.66. The van der Waals surface area contributed by atoms with E-state index in [1.165, 1.54) is 23.1 Å². The van der Waals surface area contributed by atoms with Crippen molar-refractivity contribution in [2.45, 2.75) is 39.3 Å². The molecule has 1 heterocycles. The first-order valence-electron chi connectivity index (χ1n) is 9.13. The number of carbonyl (C=O) groups is 1. The molecule has 0 unspecified atom stereocenters. The van der Waals surface area contributed by atoms with Gasteiger partial charge in [-0.2, -0.15) is 0 Å². The van der Waals surface area contributed by atoms with E-state index in [1.807, 2.05) is 30.5 Å². The first-order valence-corrected chi connectivity index (χ1v) is 9.95. The number of anilines is 1. The van der Waals surface area contributed by atoms with Gasteiger partial charge in [-0.3, -0.25) is 4.79 Å². The van der Waals surface area contributed by atoms with Gasteiger partial charge in [-0.15, -0.1) is 11.3 Å². The van der Waals surface area contributed by atoms with Crippen LogP contribution >= 0.6 is 11.3 Å². The van der Waals surface area contributed by atoms with E-state index in [1.54, 1.807) is 17.4 Å². The fourth-order valence-corrected chi connectivity index (χ4v) is 3.60. The zero-order valence-corrected chi connectivity index (χ0v) is 17.1. The van der Waals surface area contributed by atoms with Gasteiger partial charge < -0.3 is 10.6 Å². The molecule has 1 aromatic heterocycles. The van der Waals surface area contributed by atoms with Crippen LogP contribution in [0.15, 0.2) is 54.7 Å². The Morgan fingerprint density at radius 1 is 1.11 bits per heavy atom. The topological polar surface area (TPSA) is 54.0 Å². The second-order valence-corrected chi connectivity index (χ2v) is 8.77. The maximum absolute atomic E-state index is 13.3. The average Bonchev–Trinajstić information content (AvgIpc) is 3.11. The highest BCUT2D eigenvalue weighted by molar-refractivity contribution is 7.11. The molecule has 0 aliphatic rings. The molecule has 3 aromatic rings. The van der Waals surface area contributed by atoms with Crippen LogP contribution in [0.4, 0.5) is 10.1 Å². The van der Waals surface area contributed by atoms with E-state index < -0.39 is 5.82 Å².